The Morgan fingerprint density at radius 3 is 2.88 bits per heavy atom. The summed E-state index contributed by atoms with van der Waals surface area (Å²) in [6.45, 7) is 4.20. The molecule has 0 aliphatic rings. The van der Waals surface area contributed by atoms with Crippen molar-refractivity contribution < 1.29 is 9.53 Å². The lowest BCUT2D eigenvalue weighted by molar-refractivity contribution is -0.143. The van der Waals surface area contributed by atoms with Crippen LogP contribution in [0.3, 0.4) is 0 Å². The second-order valence-corrected chi connectivity index (χ2v) is 4.94. The van der Waals surface area contributed by atoms with Gasteiger partial charge in [-0.1, -0.05) is 19.8 Å². The molecule has 1 rings (SSSR count). The maximum Gasteiger partial charge on any atom is 0.322 e. The van der Waals surface area contributed by atoms with Crippen LogP contribution in [0.2, 0.25) is 0 Å². The molecule has 0 spiro atoms. The van der Waals surface area contributed by atoms with Crippen molar-refractivity contribution in [2.75, 3.05) is 7.11 Å². The molecule has 2 unspecified atom stereocenters. The van der Waals surface area contributed by atoms with Gasteiger partial charge in [-0.15, -0.1) is 0 Å². The summed E-state index contributed by atoms with van der Waals surface area (Å²) in [6.07, 6.45) is 2.95. The first kappa shape index (κ1) is 14.2. The third kappa shape index (κ3) is 4.48. The van der Waals surface area contributed by atoms with Gasteiger partial charge in [-0.05, 0) is 35.7 Å². The third-order valence-electron chi connectivity index (χ3n) is 2.83. The summed E-state index contributed by atoms with van der Waals surface area (Å²) in [5, 5.41) is 7.49. The molecule has 3 nitrogen and oxygen atoms in total. The van der Waals surface area contributed by atoms with E-state index in [2.05, 4.69) is 30.6 Å². The number of ether oxygens (including phenoxy) is 1. The zero-order valence-electron chi connectivity index (χ0n) is 10.7. The smallest absolute Gasteiger partial charge is 0.322 e. The van der Waals surface area contributed by atoms with Gasteiger partial charge in [-0.2, -0.15) is 11.3 Å². The Bertz CT molecular complexity index is 324. The van der Waals surface area contributed by atoms with Gasteiger partial charge in [0.25, 0.3) is 0 Å². The lowest BCUT2D eigenvalue weighted by Crippen LogP contribution is -2.39. The average molecular weight is 255 g/mol. The first-order valence-corrected chi connectivity index (χ1v) is 6.99. The summed E-state index contributed by atoms with van der Waals surface area (Å²) in [4.78, 5) is 11.6. The van der Waals surface area contributed by atoms with Gasteiger partial charge in [0.2, 0.25) is 0 Å². The predicted octanol–water partition coefficient (Wildman–Crippen LogP) is 3.13. The van der Waals surface area contributed by atoms with E-state index in [0.717, 1.165) is 19.3 Å². The molecule has 0 fully saturated rings. The lowest BCUT2D eigenvalue weighted by Gasteiger charge is -2.20. The number of hydrogen-bond acceptors (Lipinski definition) is 4. The van der Waals surface area contributed by atoms with Crippen LogP contribution in [0.15, 0.2) is 16.8 Å². The molecule has 0 amide bonds. The predicted molar refractivity (Wildman–Crippen MR) is 71.2 cm³/mol. The summed E-state index contributed by atoms with van der Waals surface area (Å²) in [5.41, 5.74) is 1.22. The van der Waals surface area contributed by atoms with Crippen molar-refractivity contribution in [1.29, 1.82) is 0 Å². The Hall–Kier alpha value is -0.870. The molecule has 0 aliphatic heterocycles. The molecule has 0 radical (unpaired) electrons. The highest BCUT2D eigenvalue weighted by atomic mass is 32.1. The fourth-order valence-corrected chi connectivity index (χ4v) is 2.49. The first-order valence-electron chi connectivity index (χ1n) is 6.05. The molecule has 0 bridgehead atoms. The second-order valence-electron chi connectivity index (χ2n) is 4.16. The summed E-state index contributed by atoms with van der Waals surface area (Å²) in [6, 6.07) is 2.06. The highest BCUT2D eigenvalue weighted by Gasteiger charge is 2.20. The SMILES string of the molecule is CCCCC(NC(C)c1ccsc1)C(=O)OC. The molecule has 17 heavy (non-hydrogen) atoms. The van der Waals surface area contributed by atoms with Crippen LogP contribution in [0.5, 0.6) is 0 Å². The molecule has 1 aromatic heterocycles. The third-order valence-corrected chi connectivity index (χ3v) is 3.53. The Morgan fingerprint density at radius 1 is 1.59 bits per heavy atom. The molecule has 0 saturated carbocycles. The number of nitrogens with one attached hydrogen (secondary N) is 1. The van der Waals surface area contributed by atoms with Crippen molar-refractivity contribution in [2.45, 2.75) is 45.2 Å². The summed E-state index contributed by atoms with van der Waals surface area (Å²) in [5.74, 6) is -0.166. The molecule has 0 saturated heterocycles. The minimum atomic E-state index is -0.199. The van der Waals surface area contributed by atoms with Crippen LogP contribution in [0.1, 0.15) is 44.7 Å². The van der Waals surface area contributed by atoms with Crippen LogP contribution < -0.4 is 5.32 Å². The van der Waals surface area contributed by atoms with Crippen molar-refractivity contribution in [3.63, 3.8) is 0 Å². The zero-order chi connectivity index (χ0) is 12.7. The number of rotatable bonds is 7. The van der Waals surface area contributed by atoms with E-state index in [-0.39, 0.29) is 18.1 Å². The zero-order valence-corrected chi connectivity index (χ0v) is 11.5. The van der Waals surface area contributed by atoms with Gasteiger partial charge >= 0.3 is 5.97 Å². The van der Waals surface area contributed by atoms with E-state index < -0.39 is 0 Å². The molecular formula is C13H21NO2S. The number of thiophene rings is 1. The molecule has 1 heterocycles. The number of esters is 1. The van der Waals surface area contributed by atoms with Crippen molar-refractivity contribution in [3.8, 4) is 0 Å². The largest absolute Gasteiger partial charge is 0.468 e. The van der Waals surface area contributed by atoms with Gasteiger partial charge < -0.3 is 4.74 Å². The standard InChI is InChI=1S/C13H21NO2S/c1-4-5-6-12(13(15)16-3)14-10(2)11-7-8-17-9-11/h7-10,12,14H,4-6H2,1-3H3. The van der Waals surface area contributed by atoms with Crippen LogP contribution in [-0.2, 0) is 9.53 Å². The molecule has 2 atom stereocenters. The van der Waals surface area contributed by atoms with E-state index in [1.807, 2.05) is 5.38 Å². The Kier molecular flexibility index (Phi) is 6.22. The van der Waals surface area contributed by atoms with Crippen LogP contribution in [0.25, 0.3) is 0 Å². The van der Waals surface area contributed by atoms with E-state index in [9.17, 15) is 4.79 Å². The molecule has 96 valence electrons. The molecule has 0 aliphatic carbocycles. The lowest BCUT2D eigenvalue weighted by atomic mass is 10.1. The quantitative estimate of drug-likeness (QED) is 0.761. The maximum atomic E-state index is 11.6. The minimum Gasteiger partial charge on any atom is -0.468 e. The van der Waals surface area contributed by atoms with Gasteiger partial charge in [0.05, 0.1) is 7.11 Å². The van der Waals surface area contributed by atoms with E-state index in [0.29, 0.717) is 0 Å². The molecule has 1 aromatic rings. The Labute approximate surface area is 107 Å². The highest BCUT2D eigenvalue weighted by molar-refractivity contribution is 7.07. The van der Waals surface area contributed by atoms with Crippen molar-refractivity contribution >= 4 is 17.3 Å². The van der Waals surface area contributed by atoms with E-state index in [1.165, 1.54) is 12.7 Å². The van der Waals surface area contributed by atoms with Gasteiger partial charge in [0, 0.05) is 6.04 Å². The number of methoxy groups -OCH3 is 1. The van der Waals surface area contributed by atoms with E-state index >= 15 is 0 Å². The topological polar surface area (TPSA) is 38.3 Å². The Balaban J connectivity index is 2.55. The van der Waals surface area contributed by atoms with Crippen LogP contribution in [0, 0.1) is 0 Å². The fraction of sp³-hybridized carbons (Fsp3) is 0.615. The average Bonchev–Trinajstić information content (AvgIpc) is 2.87. The molecule has 0 aromatic carbocycles. The first-order chi connectivity index (χ1) is 8.19. The monoisotopic (exact) mass is 255 g/mol. The highest BCUT2D eigenvalue weighted by Crippen LogP contribution is 2.17. The van der Waals surface area contributed by atoms with Crippen LogP contribution in [-0.4, -0.2) is 19.1 Å². The summed E-state index contributed by atoms with van der Waals surface area (Å²) in [7, 11) is 1.44. The van der Waals surface area contributed by atoms with E-state index in [4.69, 9.17) is 4.74 Å². The molecule has 4 heteroatoms. The van der Waals surface area contributed by atoms with Gasteiger partial charge in [-0.25, -0.2) is 0 Å². The maximum absolute atomic E-state index is 11.6. The number of carbonyl (C=O) groups is 1. The minimum absolute atomic E-state index is 0.166. The second kappa shape index (κ2) is 7.45. The molecular weight excluding hydrogens is 234 g/mol. The van der Waals surface area contributed by atoms with Gasteiger partial charge in [-0.3, -0.25) is 10.1 Å². The number of carbonyl (C=O) groups excluding carboxylic acids is 1. The van der Waals surface area contributed by atoms with Crippen molar-refractivity contribution in [2.24, 2.45) is 0 Å². The van der Waals surface area contributed by atoms with Gasteiger partial charge in [0.1, 0.15) is 6.04 Å². The summed E-state index contributed by atoms with van der Waals surface area (Å²) < 4.78 is 4.83. The van der Waals surface area contributed by atoms with Crippen LogP contribution in [0.4, 0.5) is 0 Å². The van der Waals surface area contributed by atoms with Crippen LogP contribution >= 0.6 is 11.3 Å². The fourth-order valence-electron chi connectivity index (χ4n) is 1.74. The van der Waals surface area contributed by atoms with Gasteiger partial charge in [0.15, 0.2) is 0 Å². The normalized spacial score (nSPS) is 14.3. The number of hydrogen-bond donors (Lipinski definition) is 1. The van der Waals surface area contributed by atoms with Crippen molar-refractivity contribution in [3.05, 3.63) is 22.4 Å². The Morgan fingerprint density at radius 2 is 2.35 bits per heavy atom. The number of unbranched alkanes of at least 4 members (excludes halogenated alkanes) is 1. The van der Waals surface area contributed by atoms with Crippen molar-refractivity contribution in [1.82, 2.24) is 5.32 Å². The summed E-state index contributed by atoms with van der Waals surface area (Å²) >= 11 is 1.67. The van der Waals surface area contributed by atoms with E-state index in [1.54, 1.807) is 11.3 Å². The molecule has 1 N–H and O–H groups in total.